The second-order valence-corrected chi connectivity index (χ2v) is 6.24. The van der Waals surface area contributed by atoms with Crippen LogP contribution in [0.3, 0.4) is 0 Å². The summed E-state index contributed by atoms with van der Waals surface area (Å²) in [6.07, 6.45) is 0. The Morgan fingerprint density at radius 3 is 2.42 bits per heavy atom. The maximum Gasteiger partial charge on any atom is 0.348 e. The number of rotatable bonds is 7. The Hall–Kier alpha value is -2.89. The van der Waals surface area contributed by atoms with Crippen molar-refractivity contribution in [2.24, 2.45) is 0 Å². The molecule has 2 N–H and O–H groups in total. The molecule has 2 aromatic rings. The Bertz CT molecular complexity index is 837. The van der Waals surface area contributed by atoms with Gasteiger partial charge in [-0.1, -0.05) is 12.1 Å². The number of anilines is 1. The van der Waals surface area contributed by atoms with Crippen LogP contribution in [-0.2, 0) is 27.4 Å². The van der Waals surface area contributed by atoms with Gasteiger partial charge in [0.1, 0.15) is 22.6 Å². The lowest BCUT2D eigenvalue weighted by Crippen LogP contribution is -2.10. The van der Waals surface area contributed by atoms with Crippen LogP contribution in [0, 0.1) is 11.3 Å². The summed E-state index contributed by atoms with van der Waals surface area (Å²) in [6.45, 7) is 2.06. The Kier molecular flexibility index (Phi) is 6.72. The molecule has 8 heteroatoms. The first kappa shape index (κ1) is 19.4. The van der Waals surface area contributed by atoms with Gasteiger partial charge in [-0.05, 0) is 24.6 Å². The predicted octanol–water partition coefficient (Wildman–Crippen LogP) is 2.88. The van der Waals surface area contributed by atoms with E-state index < -0.39 is 11.9 Å². The molecule has 0 bridgehead atoms. The maximum absolute atomic E-state index is 12.2. The second-order valence-electron chi connectivity index (χ2n) is 5.19. The number of esters is 2. The summed E-state index contributed by atoms with van der Waals surface area (Å²) >= 11 is 0.944. The van der Waals surface area contributed by atoms with Gasteiger partial charge in [-0.25, -0.2) is 9.59 Å². The van der Waals surface area contributed by atoms with Crippen LogP contribution in [0.2, 0.25) is 0 Å². The largest absolute Gasteiger partial charge is 0.462 e. The molecule has 0 aliphatic heterocycles. The molecule has 26 heavy (non-hydrogen) atoms. The van der Waals surface area contributed by atoms with E-state index in [2.05, 4.69) is 0 Å². The van der Waals surface area contributed by atoms with E-state index in [1.807, 2.05) is 6.07 Å². The van der Waals surface area contributed by atoms with Crippen LogP contribution in [-0.4, -0.2) is 25.7 Å². The van der Waals surface area contributed by atoms with E-state index >= 15 is 0 Å². The van der Waals surface area contributed by atoms with Gasteiger partial charge < -0.3 is 19.9 Å². The van der Waals surface area contributed by atoms with Crippen molar-refractivity contribution in [3.63, 3.8) is 0 Å². The van der Waals surface area contributed by atoms with Crippen molar-refractivity contribution < 1.29 is 23.8 Å². The highest BCUT2D eigenvalue weighted by molar-refractivity contribution is 7.18. The highest BCUT2D eigenvalue weighted by Gasteiger charge is 2.24. The third-order valence-corrected chi connectivity index (χ3v) is 4.50. The normalized spacial score (nSPS) is 10.2. The molecule has 1 aromatic heterocycles. The van der Waals surface area contributed by atoms with Gasteiger partial charge in [0.15, 0.2) is 0 Å². The number of nitrogen functional groups attached to an aromatic ring is 1. The zero-order chi connectivity index (χ0) is 19.1. The molecule has 1 aromatic carbocycles. The van der Waals surface area contributed by atoms with Crippen molar-refractivity contribution in [1.29, 1.82) is 5.26 Å². The zero-order valence-corrected chi connectivity index (χ0v) is 15.2. The molecule has 0 atom stereocenters. The van der Waals surface area contributed by atoms with Gasteiger partial charge in [0.25, 0.3) is 0 Å². The summed E-state index contributed by atoms with van der Waals surface area (Å²) in [5.41, 5.74) is 7.45. The molecule has 0 aliphatic carbocycles. The highest BCUT2D eigenvalue weighted by Crippen LogP contribution is 2.32. The van der Waals surface area contributed by atoms with E-state index in [9.17, 15) is 14.9 Å². The van der Waals surface area contributed by atoms with Crippen LogP contribution in [0.25, 0.3) is 0 Å². The lowest BCUT2D eigenvalue weighted by atomic mass is 10.1. The molecule has 0 fully saturated rings. The van der Waals surface area contributed by atoms with Gasteiger partial charge >= 0.3 is 11.9 Å². The van der Waals surface area contributed by atoms with E-state index in [1.165, 1.54) is 0 Å². The van der Waals surface area contributed by atoms with Crippen molar-refractivity contribution >= 4 is 28.3 Å². The first-order chi connectivity index (χ1) is 12.5. The number of ether oxygens (including phenoxy) is 3. The van der Waals surface area contributed by atoms with Gasteiger partial charge in [0, 0.05) is 12.7 Å². The number of carbonyl (C=O) groups is 2. The average molecular weight is 374 g/mol. The van der Waals surface area contributed by atoms with Gasteiger partial charge in [-0.2, -0.15) is 5.26 Å². The summed E-state index contributed by atoms with van der Waals surface area (Å²) in [6, 6.07) is 8.70. The minimum atomic E-state index is -0.597. The Balaban J connectivity index is 2.16. The Morgan fingerprint density at radius 1 is 1.15 bits per heavy atom. The van der Waals surface area contributed by atoms with Crippen molar-refractivity contribution in [3.8, 4) is 6.07 Å². The fraction of sp³-hybridized carbons (Fsp3) is 0.278. The number of nitriles is 1. The smallest absolute Gasteiger partial charge is 0.348 e. The van der Waals surface area contributed by atoms with Crippen LogP contribution in [0.1, 0.15) is 43.6 Å². The summed E-state index contributed by atoms with van der Waals surface area (Å²) in [5, 5.41) is 9.45. The van der Waals surface area contributed by atoms with Crippen LogP contribution in [0.15, 0.2) is 24.3 Å². The second kappa shape index (κ2) is 8.99. The Labute approximate surface area is 154 Å². The molecule has 0 amide bonds. The standard InChI is InChI=1S/C18H18N2O5S/c1-3-24-18(22)15-14(13(8-19)16(20)26-15)10-25-17(21)12-6-4-11(5-7-12)9-23-2/h4-7H,3,9-10,20H2,1-2H3. The molecule has 0 spiro atoms. The van der Waals surface area contributed by atoms with Crippen molar-refractivity contribution in [1.82, 2.24) is 0 Å². The minimum absolute atomic E-state index is 0.126. The van der Waals surface area contributed by atoms with Gasteiger partial charge in [0.2, 0.25) is 0 Å². The molecule has 2 rings (SSSR count). The van der Waals surface area contributed by atoms with E-state index in [-0.39, 0.29) is 34.2 Å². The Morgan fingerprint density at radius 2 is 1.85 bits per heavy atom. The van der Waals surface area contributed by atoms with Crippen molar-refractivity contribution in [2.45, 2.75) is 20.1 Å². The molecule has 136 valence electrons. The fourth-order valence-corrected chi connectivity index (χ4v) is 3.15. The number of benzene rings is 1. The van der Waals surface area contributed by atoms with E-state index in [1.54, 1.807) is 38.3 Å². The van der Waals surface area contributed by atoms with Crippen molar-refractivity contribution in [2.75, 3.05) is 19.5 Å². The quantitative estimate of drug-likeness (QED) is 0.742. The topological polar surface area (TPSA) is 112 Å². The minimum Gasteiger partial charge on any atom is -0.462 e. The molecule has 0 aliphatic rings. The van der Waals surface area contributed by atoms with Gasteiger partial charge in [0.05, 0.1) is 24.3 Å². The van der Waals surface area contributed by atoms with E-state index in [0.29, 0.717) is 12.2 Å². The third-order valence-electron chi connectivity index (χ3n) is 3.46. The van der Waals surface area contributed by atoms with Gasteiger partial charge in [-0.15, -0.1) is 11.3 Å². The lowest BCUT2D eigenvalue weighted by molar-refractivity contribution is 0.0452. The summed E-state index contributed by atoms with van der Waals surface area (Å²) in [5.74, 6) is -1.17. The monoisotopic (exact) mass is 374 g/mol. The molecular weight excluding hydrogens is 356 g/mol. The maximum atomic E-state index is 12.2. The van der Waals surface area contributed by atoms with E-state index in [4.69, 9.17) is 19.9 Å². The summed E-state index contributed by atoms with van der Waals surface area (Å²) < 4.78 is 15.2. The number of thiophene rings is 1. The molecule has 0 saturated carbocycles. The number of hydrogen-bond acceptors (Lipinski definition) is 8. The third kappa shape index (κ3) is 4.39. The number of methoxy groups -OCH3 is 1. The number of hydrogen-bond donors (Lipinski definition) is 1. The highest BCUT2D eigenvalue weighted by atomic mass is 32.1. The van der Waals surface area contributed by atoms with Crippen LogP contribution in [0.4, 0.5) is 5.00 Å². The average Bonchev–Trinajstić information content (AvgIpc) is 2.96. The van der Waals surface area contributed by atoms with Crippen LogP contribution < -0.4 is 5.73 Å². The molecule has 1 heterocycles. The number of carbonyl (C=O) groups excluding carboxylic acids is 2. The van der Waals surface area contributed by atoms with Gasteiger partial charge in [-0.3, -0.25) is 0 Å². The molecular formula is C18H18N2O5S. The summed E-state index contributed by atoms with van der Waals surface area (Å²) in [4.78, 5) is 24.4. The first-order valence-electron chi connectivity index (χ1n) is 7.75. The molecule has 0 unspecified atom stereocenters. The molecule has 7 nitrogen and oxygen atoms in total. The van der Waals surface area contributed by atoms with Crippen LogP contribution in [0.5, 0.6) is 0 Å². The predicted molar refractivity (Wildman–Crippen MR) is 95.7 cm³/mol. The fourth-order valence-electron chi connectivity index (χ4n) is 2.23. The first-order valence-corrected chi connectivity index (χ1v) is 8.56. The molecule has 0 radical (unpaired) electrons. The number of nitrogens with two attached hydrogens (primary N) is 1. The number of nitrogens with zero attached hydrogens (tertiary/aromatic N) is 1. The van der Waals surface area contributed by atoms with E-state index in [0.717, 1.165) is 16.9 Å². The van der Waals surface area contributed by atoms with Crippen LogP contribution >= 0.6 is 11.3 Å². The summed E-state index contributed by atoms with van der Waals surface area (Å²) in [7, 11) is 1.59. The lowest BCUT2D eigenvalue weighted by Gasteiger charge is -2.07. The molecule has 0 saturated heterocycles. The zero-order valence-electron chi connectivity index (χ0n) is 14.4. The SMILES string of the molecule is CCOC(=O)c1sc(N)c(C#N)c1COC(=O)c1ccc(COC)cc1. The van der Waals surface area contributed by atoms with Crippen molar-refractivity contribution in [3.05, 3.63) is 51.4 Å².